The Bertz CT molecular complexity index is 425. The van der Waals surface area contributed by atoms with E-state index in [1.807, 2.05) is 12.3 Å². The van der Waals surface area contributed by atoms with Crippen molar-refractivity contribution < 1.29 is 0 Å². The Labute approximate surface area is 88.9 Å². The van der Waals surface area contributed by atoms with E-state index in [0.717, 1.165) is 18.6 Å². The largest absolute Gasteiger partial charge is 0.317 e. The van der Waals surface area contributed by atoms with E-state index in [2.05, 4.69) is 27.4 Å². The van der Waals surface area contributed by atoms with Crippen molar-refractivity contribution in [2.75, 3.05) is 13.1 Å². The number of nitrogens with zero attached hydrogens (tertiary/aromatic N) is 2. The molecule has 0 amide bonds. The normalized spacial score (nSPS) is 25.5. The van der Waals surface area contributed by atoms with E-state index in [0.29, 0.717) is 12.0 Å². The van der Waals surface area contributed by atoms with Crippen molar-refractivity contribution >= 4 is 6.08 Å². The number of piperidine rings is 1. The fraction of sp³-hybridized carbons (Fsp3) is 0.500. The van der Waals surface area contributed by atoms with Gasteiger partial charge in [0.1, 0.15) is 0 Å². The summed E-state index contributed by atoms with van der Waals surface area (Å²) in [5.41, 5.74) is 0.932. The van der Waals surface area contributed by atoms with Gasteiger partial charge in [-0.1, -0.05) is 0 Å². The molecule has 0 unspecified atom stereocenters. The molecule has 78 valence electrons. The van der Waals surface area contributed by atoms with Gasteiger partial charge in [-0.25, -0.2) is 4.98 Å². The van der Waals surface area contributed by atoms with Gasteiger partial charge in [0, 0.05) is 11.4 Å². The zero-order valence-corrected chi connectivity index (χ0v) is 8.69. The lowest BCUT2D eigenvalue weighted by Gasteiger charge is -2.25. The Balaban J connectivity index is 1.89. The fourth-order valence-corrected chi connectivity index (χ4v) is 2.44. The first-order valence-electron chi connectivity index (χ1n) is 5.65. The van der Waals surface area contributed by atoms with E-state index in [4.69, 9.17) is 0 Å². The molecule has 0 spiro atoms. The SMILES string of the molecule is C1=c2cccnc2=N[C@H]1C1CCNCC1. The Morgan fingerprint density at radius 3 is 2.93 bits per heavy atom. The standard InChI is InChI=1S/C12H15N3/c1-2-10-8-11(15-12(10)14-5-1)9-3-6-13-7-4-9/h1-2,5,8-9,11,13H,3-4,6-7H2/t11-/m1/s1. The molecule has 1 N–H and O–H groups in total. The first-order chi connectivity index (χ1) is 7.43. The molecule has 3 rings (SSSR count). The van der Waals surface area contributed by atoms with Gasteiger partial charge in [-0.05, 0) is 50.1 Å². The molecule has 0 aliphatic carbocycles. The lowest BCUT2D eigenvalue weighted by molar-refractivity contribution is 0.355. The van der Waals surface area contributed by atoms with Crippen molar-refractivity contribution in [3.8, 4) is 0 Å². The maximum Gasteiger partial charge on any atom is 0.154 e. The van der Waals surface area contributed by atoms with E-state index in [9.17, 15) is 0 Å². The van der Waals surface area contributed by atoms with Crippen LogP contribution in [0.3, 0.4) is 0 Å². The van der Waals surface area contributed by atoms with Crippen LogP contribution in [0.25, 0.3) is 6.08 Å². The third kappa shape index (κ3) is 1.67. The predicted molar refractivity (Wildman–Crippen MR) is 58.9 cm³/mol. The summed E-state index contributed by atoms with van der Waals surface area (Å²) in [4.78, 5) is 8.97. The van der Waals surface area contributed by atoms with E-state index in [-0.39, 0.29) is 0 Å². The molecule has 0 saturated carbocycles. The molecule has 2 aliphatic heterocycles. The lowest BCUT2D eigenvalue weighted by atomic mass is 9.91. The number of pyridine rings is 1. The van der Waals surface area contributed by atoms with Crippen LogP contribution in [-0.4, -0.2) is 24.1 Å². The smallest absolute Gasteiger partial charge is 0.154 e. The highest BCUT2D eigenvalue weighted by Gasteiger charge is 2.23. The molecule has 3 nitrogen and oxygen atoms in total. The minimum absolute atomic E-state index is 0.372. The number of fused-ring (bicyclic) bond motifs is 1. The summed E-state index contributed by atoms with van der Waals surface area (Å²) in [5.74, 6) is 0.709. The first-order valence-corrected chi connectivity index (χ1v) is 5.65. The summed E-state index contributed by atoms with van der Waals surface area (Å²) >= 11 is 0. The second-order valence-electron chi connectivity index (χ2n) is 4.29. The van der Waals surface area contributed by atoms with E-state index in [1.54, 1.807) is 0 Å². The van der Waals surface area contributed by atoms with Crippen molar-refractivity contribution in [2.24, 2.45) is 10.9 Å². The van der Waals surface area contributed by atoms with Crippen LogP contribution in [0.15, 0.2) is 23.3 Å². The van der Waals surface area contributed by atoms with Gasteiger partial charge in [0.2, 0.25) is 0 Å². The van der Waals surface area contributed by atoms with Gasteiger partial charge in [-0.2, -0.15) is 0 Å². The van der Waals surface area contributed by atoms with Gasteiger partial charge in [0.25, 0.3) is 0 Å². The molecule has 0 bridgehead atoms. The molecule has 3 heterocycles. The average Bonchev–Trinajstić information content (AvgIpc) is 2.74. The van der Waals surface area contributed by atoms with Gasteiger partial charge in [-0.15, -0.1) is 0 Å². The van der Waals surface area contributed by atoms with E-state index >= 15 is 0 Å². The molecule has 1 aromatic heterocycles. The van der Waals surface area contributed by atoms with Gasteiger partial charge in [-0.3, -0.25) is 4.99 Å². The topological polar surface area (TPSA) is 37.3 Å². The number of rotatable bonds is 1. The second-order valence-corrected chi connectivity index (χ2v) is 4.29. The number of hydrogen-bond acceptors (Lipinski definition) is 3. The Hall–Kier alpha value is -1.22. The van der Waals surface area contributed by atoms with E-state index in [1.165, 1.54) is 18.1 Å². The van der Waals surface area contributed by atoms with Gasteiger partial charge in [0.05, 0.1) is 6.04 Å². The Kier molecular flexibility index (Phi) is 2.25. The second kappa shape index (κ2) is 3.74. The zero-order chi connectivity index (χ0) is 10.1. The number of aromatic nitrogens is 1. The van der Waals surface area contributed by atoms with Gasteiger partial charge in [0.15, 0.2) is 5.49 Å². The quantitative estimate of drug-likeness (QED) is 0.687. The van der Waals surface area contributed by atoms with Crippen molar-refractivity contribution in [3.05, 3.63) is 29.0 Å². The summed E-state index contributed by atoms with van der Waals surface area (Å²) in [6.07, 6.45) is 6.57. The summed E-state index contributed by atoms with van der Waals surface area (Å²) < 4.78 is 0. The summed E-state index contributed by atoms with van der Waals surface area (Å²) in [5, 5.41) is 4.60. The van der Waals surface area contributed by atoms with Crippen molar-refractivity contribution in [3.63, 3.8) is 0 Å². The number of nitrogens with one attached hydrogen (secondary N) is 1. The third-order valence-electron chi connectivity index (χ3n) is 3.31. The maximum absolute atomic E-state index is 4.68. The van der Waals surface area contributed by atoms with Crippen LogP contribution in [0, 0.1) is 5.92 Å². The van der Waals surface area contributed by atoms with Crippen LogP contribution in [0.5, 0.6) is 0 Å². The molecule has 2 aliphatic rings. The molecule has 1 atom stereocenters. The molecular weight excluding hydrogens is 186 g/mol. The van der Waals surface area contributed by atoms with Crippen LogP contribution < -0.4 is 16.0 Å². The van der Waals surface area contributed by atoms with Crippen molar-refractivity contribution in [2.45, 2.75) is 18.9 Å². The van der Waals surface area contributed by atoms with Crippen molar-refractivity contribution in [1.29, 1.82) is 0 Å². The van der Waals surface area contributed by atoms with Gasteiger partial charge >= 0.3 is 0 Å². The fourth-order valence-electron chi connectivity index (χ4n) is 2.44. The van der Waals surface area contributed by atoms with Crippen LogP contribution in [0.1, 0.15) is 12.8 Å². The molecule has 1 saturated heterocycles. The molecule has 0 radical (unpaired) electrons. The summed E-state index contributed by atoms with van der Waals surface area (Å²) in [6, 6.07) is 4.46. The average molecular weight is 201 g/mol. The highest BCUT2D eigenvalue weighted by atomic mass is 14.9. The highest BCUT2D eigenvalue weighted by molar-refractivity contribution is 5.33. The van der Waals surface area contributed by atoms with Crippen LogP contribution >= 0.6 is 0 Å². The number of hydrogen-bond donors (Lipinski definition) is 1. The molecular formula is C12H15N3. The van der Waals surface area contributed by atoms with Crippen LogP contribution in [0.2, 0.25) is 0 Å². The first kappa shape index (κ1) is 9.04. The monoisotopic (exact) mass is 201 g/mol. The Morgan fingerprint density at radius 2 is 2.13 bits per heavy atom. The lowest BCUT2D eigenvalue weighted by Crippen LogP contribution is -2.32. The molecule has 0 aromatic carbocycles. The predicted octanol–water partition coefficient (Wildman–Crippen LogP) is -0.137. The van der Waals surface area contributed by atoms with Gasteiger partial charge < -0.3 is 5.32 Å². The Morgan fingerprint density at radius 1 is 1.27 bits per heavy atom. The third-order valence-corrected chi connectivity index (χ3v) is 3.31. The van der Waals surface area contributed by atoms with Crippen LogP contribution in [0.4, 0.5) is 0 Å². The molecule has 1 aromatic rings. The van der Waals surface area contributed by atoms with Crippen molar-refractivity contribution in [1.82, 2.24) is 10.3 Å². The van der Waals surface area contributed by atoms with E-state index < -0.39 is 0 Å². The van der Waals surface area contributed by atoms with Crippen LogP contribution in [-0.2, 0) is 0 Å². The molecule has 3 heteroatoms. The molecule has 15 heavy (non-hydrogen) atoms. The zero-order valence-electron chi connectivity index (χ0n) is 8.69. The summed E-state index contributed by atoms with van der Waals surface area (Å²) in [7, 11) is 0. The highest BCUT2D eigenvalue weighted by Crippen LogP contribution is 2.20. The molecule has 1 fully saturated rings. The maximum atomic E-state index is 4.68. The minimum Gasteiger partial charge on any atom is -0.317 e. The minimum atomic E-state index is 0.372. The summed E-state index contributed by atoms with van der Waals surface area (Å²) in [6.45, 7) is 2.27.